The Morgan fingerprint density at radius 2 is 2.18 bits per heavy atom. The van der Waals surface area contributed by atoms with E-state index >= 15 is 0 Å². The molecule has 1 aliphatic heterocycles. The Balaban J connectivity index is 2.01. The second-order valence-corrected chi connectivity index (χ2v) is 4.64. The molecule has 1 fully saturated rings. The third kappa shape index (κ3) is 3.19. The predicted octanol–water partition coefficient (Wildman–Crippen LogP) is 0.850. The maximum Gasteiger partial charge on any atom is 0.0936 e. The number of nitrogens with zero attached hydrogens (tertiary/aromatic N) is 1. The zero-order valence-corrected chi connectivity index (χ0v) is 10.2. The lowest BCUT2D eigenvalue weighted by Gasteiger charge is -2.36. The molecule has 0 saturated carbocycles. The Kier molecular flexibility index (Phi) is 3.99. The van der Waals surface area contributed by atoms with Gasteiger partial charge in [0.05, 0.1) is 18.8 Å². The molecule has 0 amide bonds. The lowest BCUT2D eigenvalue weighted by Crippen LogP contribution is -2.47. The molecule has 2 atom stereocenters. The quantitative estimate of drug-likeness (QED) is 0.764. The van der Waals surface area contributed by atoms with Crippen molar-refractivity contribution in [3.63, 3.8) is 0 Å². The molecule has 1 heterocycles. The number of anilines is 1. The maximum atomic E-state index is 9.17. The molecule has 17 heavy (non-hydrogen) atoms. The maximum absolute atomic E-state index is 9.17. The van der Waals surface area contributed by atoms with Crippen LogP contribution in [0.5, 0.6) is 0 Å². The van der Waals surface area contributed by atoms with Gasteiger partial charge in [0, 0.05) is 25.3 Å². The number of rotatable bonds is 3. The van der Waals surface area contributed by atoms with Crippen LogP contribution in [0.3, 0.4) is 0 Å². The highest BCUT2D eigenvalue weighted by Gasteiger charge is 2.24. The summed E-state index contributed by atoms with van der Waals surface area (Å²) in [5, 5.41) is 9.17. The van der Waals surface area contributed by atoms with Gasteiger partial charge in [-0.25, -0.2) is 0 Å². The lowest BCUT2D eigenvalue weighted by molar-refractivity contribution is -0.0972. The average Bonchev–Trinajstić information content (AvgIpc) is 2.31. The monoisotopic (exact) mass is 236 g/mol. The summed E-state index contributed by atoms with van der Waals surface area (Å²) in [5.74, 6) is 0. The minimum absolute atomic E-state index is 0.0745. The summed E-state index contributed by atoms with van der Waals surface area (Å²) >= 11 is 0. The molecule has 4 heteroatoms. The van der Waals surface area contributed by atoms with Gasteiger partial charge in [-0.05, 0) is 18.6 Å². The Labute approximate surface area is 102 Å². The molecule has 0 aromatic heterocycles. The van der Waals surface area contributed by atoms with E-state index < -0.39 is 0 Å². The second-order valence-electron chi connectivity index (χ2n) is 4.64. The van der Waals surface area contributed by atoms with Crippen molar-refractivity contribution in [2.24, 2.45) is 0 Å². The number of benzene rings is 1. The van der Waals surface area contributed by atoms with Crippen molar-refractivity contribution in [2.75, 3.05) is 25.4 Å². The van der Waals surface area contributed by atoms with Crippen molar-refractivity contribution in [1.29, 1.82) is 0 Å². The minimum atomic E-state index is -0.0799. The molecule has 0 radical (unpaired) electrons. The Hall–Kier alpha value is -1.10. The van der Waals surface area contributed by atoms with Crippen molar-refractivity contribution in [1.82, 2.24) is 4.90 Å². The first-order valence-corrected chi connectivity index (χ1v) is 6.01. The highest BCUT2D eigenvalue weighted by atomic mass is 16.5. The van der Waals surface area contributed by atoms with Crippen LogP contribution < -0.4 is 5.73 Å². The number of hydrogen-bond acceptors (Lipinski definition) is 4. The number of aliphatic hydroxyl groups excluding tert-OH is 1. The molecule has 2 rings (SSSR count). The number of ether oxygens (including phenoxy) is 1. The fourth-order valence-electron chi connectivity index (χ4n) is 2.29. The molecule has 0 aliphatic carbocycles. The van der Waals surface area contributed by atoms with Gasteiger partial charge in [0.25, 0.3) is 0 Å². The number of nitrogens with two attached hydrogens (primary N) is 1. The van der Waals surface area contributed by atoms with Gasteiger partial charge >= 0.3 is 0 Å². The molecular weight excluding hydrogens is 216 g/mol. The Bertz CT molecular complexity index is 370. The zero-order valence-electron chi connectivity index (χ0n) is 10.2. The molecule has 1 aromatic rings. The van der Waals surface area contributed by atoms with E-state index in [-0.39, 0.29) is 18.8 Å². The van der Waals surface area contributed by atoms with E-state index in [0.29, 0.717) is 0 Å². The number of morpholine rings is 1. The first-order chi connectivity index (χ1) is 8.19. The number of nitrogen functional groups attached to an aromatic ring is 1. The van der Waals surface area contributed by atoms with E-state index in [4.69, 9.17) is 10.5 Å². The van der Waals surface area contributed by atoms with E-state index in [0.717, 1.165) is 30.9 Å². The van der Waals surface area contributed by atoms with Crippen LogP contribution >= 0.6 is 0 Å². The SMILES string of the molecule is CC1CN(Cc2ccccc2N)CC(CO)O1. The van der Waals surface area contributed by atoms with Gasteiger partial charge in [-0.2, -0.15) is 0 Å². The molecule has 0 spiro atoms. The Morgan fingerprint density at radius 1 is 1.41 bits per heavy atom. The van der Waals surface area contributed by atoms with Crippen molar-refractivity contribution in [3.8, 4) is 0 Å². The molecule has 4 nitrogen and oxygen atoms in total. The normalized spacial score (nSPS) is 26.0. The number of para-hydroxylation sites is 1. The van der Waals surface area contributed by atoms with E-state index in [1.807, 2.05) is 31.2 Å². The lowest BCUT2D eigenvalue weighted by atomic mass is 10.1. The van der Waals surface area contributed by atoms with Gasteiger partial charge in [0.15, 0.2) is 0 Å². The van der Waals surface area contributed by atoms with Gasteiger partial charge in [0.1, 0.15) is 0 Å². The molecule has 2 unspecified atom stereocenters. The van der Waals surface area contributed by atoms with Gasteiger partial charge in [-0.3, -0.25) is 4.90 Å². The fraction of sp³-hybridized carbons (Fsp3) is 0.538. The summed E-state index contributed by atoms with van der Waals surface area (Å²) in [7, 11) is 0. The summed E-state index contributed by atoms with van der Waals surface area (Å²) in [6.45, 7) is 4.56. The summed E-state index contributed by atoms with van der Waals surface area (Å²) in [4.78, 5) is 2.28. The van der Waals surface area contributed by atoms with Crippen LogP contribution in [-0.4, -0.2) is 41.9 Å². The second kappa shape index (κ2) is 5.49. The number of aliphatic hydroxyl groups is 1. The molecular formula is C13H20N2O2. The standard InChI is InChI=1S/C13H20N2O2/c1-10-6-15(8-12(9-16)17-10)7-11-4-2-3-5-13(11)14/h2-5,10,12,16H,6-9,14H2,1H3. The van der Waals surface area contributed by atoms with Crippen LogP contribution in [0.15, 0.2) is 24.3 Å². The van der Waals surface area contributed by atoms with E-state index in [2.05, 4.69) is 4.90 Å². The summed E-state index contributed by atoms with van der Waals surface area (Å²) in [6.07, 6.45) is 0.0783. The molecule has 3 N–H and O–H groups in total. The smallest absolute Gasteiger partial charge is 0.0936 e. The highest BCUT2D eigenvalue weighted by Crippen LogP contribution is 2.17. The number of hydrogen-bond donors (Lipinski definition) is 2. The summed E-state index contributed by atoms with van der Waals surface area (Å²) in [5.41, 5.74) is 7.90. The van der Waals surface area contributed by atoms with Crippen molar-refractivity contribution < 1.29 is 9.84 Å². The third-order valence-electron chi connectivity index (χ3n) is 3.05. The largest absolute Gasteiger partial charge is 0.398 e. The Morgan fingerprint density at radius 3 is 2.88 bits per heavy atom. The zero-order chi connectivity index (χ0) is 12.3. The fourth-order valence-corrected chi connectivity index (χ4v) is 2.29. The van der Waals surface area contributed by atoms with Crippen LogP contribution in [0.1, 0.15) is 12.5 Å². The molecule has 1 aromatic carbocycles. The molecule has 1 aliphatic rings. The topological polar surface area (TPSA) is 58.7 Å². The van der Waals surface area contributed by atoms with Crippen LogP contribution in [0.25, 0.3) is 0 Å². The van der Waals surface area contributed by atoms with Crippen LogP contribution in [-0.2, 0) is 11.3 Å². The van der Waals surface area contributed by atoms with Gasteiger partial charge in [-0.1, -0.05) is 18.2 Å². The van der Waals surface area contributed by atoms with E-state index in [1.165, 1.54) is 0 Å². The van der Waals surface area contributed by atoms with Crippen LogP contribution in [0.2, 0.25) is 0 Å². The molecule has 1 saturated heterocycles. The third-order valence-corrected chi connectivity index (χ3v) is 3.05. The van der Waals surface area contributed by atoms with Crippen LogP contribution in [0.4, 0.5) is 5.69 Å². The molecule has 0 bridgehead atoms. The minimum Gasteiger partial charge on any atom is -0.398 e. The van der Waals surface area contributed by atoms with Crippen molar-refractivity contribution in [2.45, 2.75) is 25.7 Å². The first kappa shape index (κ1) is 12.4. The average molecular weight is 236 g/mol. The van der Waals surface area contributed by atoms with Gasteiger partial charge in [0.2, 0.25) is 0 Å². The highest BCUT2D eigenvalue weighted by molar-refractivity contribution is 5.46. The predicted molar refractivity (Wildman–Crippen MR) is 67.6 cm³/mol. The van der Waals surface area contributed by atoms with Gasteiger partial charge in [-0.15, -0.1) is 0 Å². The van der Waals surface area contributed by atoms with E-state index in [1.54, 1.807) is 0 Å². The molecule has 94 valence electrons. The van der Waals surface area contributed by atoms with Crippen molar-refractivity contribution >= 4 is 5.69 Å². The summed E-state index contributed by atoms with van der Waals surface area (Å²) in [6, 6.07) is 7.91. The first-order valence-electron chi connectivity index (χ1n) is 6.01. The van der Waals surface area contributed by atoms with Gasteiger partial charge < -0.3 is 15.6 Å². The van der Waals surface area contributed by atoms with Crippen molar-refractivity contribution in [3.05, 3.63) is 29.8 Å². The summed E-state index contributed by atoms with van der Waals surface area (Å²) < 4.78 is 5.61. The van der Waals surface area contributed by atoms with E-state index in [9.17, 15) is 5.11 Å². The van der Waals surface area contributed by atoms with Crippen LogP contribution in [0, 0.1) is 0 Å².